The molecule has 0 saturated heterocycles. The topological polar surface area (TPSA) is 40.5 Å². The fourth-order valence-electron chi connectivity index (χ4n) is 2.15. The van der Waals surface area contributed by atoms with Gasteiger partial charge in [0.05, 0.1) is 0 Å². The number of rotatable bonds is 3. The van der Waals surface area contributed by atoms with Gasteiger partial charge in [-0.3, -0.25) is 9.69 Å². The number of hydrogen-bond acceptors (Lipinski definition) is 2. The molecule has 18 heavy (non-hydrogen) atoms. The van der Waals surface area contributed by atoms with Gasteiger partial charge in [0.1, 0.15) is 6.04 Å². The SMILES string of the molecule is CC1=CCN(Cc2ccccc2)C(C(=O)O)C1.Cl. The van der Waals surface area contributed by atoms with Crippen LogP contribution in [0.4, 0.5) is 0 Å². The van der Waals surface area contributed by atoms with Crippen LogP contribution in [0.3, 0.4) is 0 Å². The predicted octanol–water partition coefficient (Wildman–Crippen LogP) is 2.71. The second-order valence-electron chi connectivity index (χ2n) is 4.52. The van der Waals surface area contributed by atoms with Gasteiger partial charge in [-0.15, -0.1) is 12.4 Å². The van der Waals surface area contributed by atoms with Crippen molar-refractivity contribution >= 4 is 18.4 Å². The van der Waals surface area contributed by atoms with Crippen molar-refractivity contribution in [2.75, 3.05) is 6.54 Å². The summed E-state index contributed by atoms with van der Waals surface area (Å²) in [6.07, 6.45) is 2.74. The van der Waals surface area contributed by atoms with Gasteiger partial charge in [0.15, 0.2) is 0 Å². The van der Waals surface area contributed by atoms with Crippen LogP contribution in [0.5, 0.6) is 0 Å². The van der Waals surface area contributed by atoms with Gasteiger partial charge in [-0.2, -0.15) is 0 Å². The highest BCUT2D eigenvalue weighted by Crippen LogP contribution is 2.20. The number of nitrogens with zero attached hydrogens (tertiary/aromatic N) is 1. The van der Waals surface area contributed by atoms with Crippen LogP contribution in [0, 0.1) is 0 Å². The summed E-state index contributed by atoms with van der Waals surface area (Å²) in [6.45, 7) is 3.41. The number of halogens is 1. The van der Waals surface area contributed by atoms with Crippen LogP contribution in [-0.4, -0.2) is 28.6 Å². The minimum atomic E-state index is -0.728. The van der Waals surface area contributed by atoms with Gasteiger partial charge in [-0.1, -0.05) is 42.0 Å². The monoisotopic (exact) mass is 267 g/mol. The first-order valence-corrected chi connectivity index (χ1v) is 5.83. The maximum atomic E-state index is 11.2. The summed E-state index contributed by atoms with van der Waals surface area (Å²) in [4.78, 5) is 13.2. The molecule has 0 spiro atoms. The van der Waals surface area contributed by atoms with Gasteiger partial charge in [0.2, 0.25) is 0 Å². The van der Waals surface area contributed by atoms with E-state index in [0.29, 0.717) is 13.0 Å². The van der Waals surface area contributed by atoms with Gasteiger partial charge >= 0.3 is 5.97 Å². The van der Waals surface area contributed by atoms with Crippen molar-refractivity contribution in [1.29, 1.82) is 0 Å². The largest absolute Gasteiger partial charge is 0.480 e. The van der Waals surface area contributed by atoms with Crippen molar-refractivity contribution in [2.45, 2.75) is 25.9 Å². The number of benzene rings is 1. The van der Waals surface area contributed by atoms with Crippen LogP contribution in [0.2, 0.25) is 0 Å². The van der Waals surface area contributed by atoms with Crippen LogP contribution < -0.4 is 0 Å². The number of aliphatic carboxylic acids is 1. The zero-order chi connectivity index (χ0) is 12.3. The Hall–Kier alpha value is -1.32. The Morgan fingerprint density at radius 1 is 1.39 bits per heavy atom. The molecule has 0 bridgehead atoms. The summed E-state index contributed by atoms with van der Waals surface area (Å²) >= 11 is 0. The molecule has 2 rings (SSSR count). The minimum Gasteiger partial charge on any atom is -0.480 e. The van der Waals surface area contributed by atoms with Gasteiger partial charge in [0, 0.05) is 13.1 Å². The van der Waals surface area contributed by atoms with E-state index < -0.39 is 5.97 Å². The van der Waals surface area contributed by atoms with E-state index in [1.165, 1.54) is 5.57 Å². The summed E-state index contributed by atoms with van der Waals surface area (Å²) in [7, 11) is 0. The molecule has 0 saturated carbocycles. The summed E-state index contributed by atoms with van der Waals surface area (Å²) in [5, 5.41) is 9.24. The van der Waals surface area contributed by atoms with E-state index in [0.717, 1.165) is 12.1 Å². The van der Waals surface area contributed by atoms with Crippen molar-refractivity contribution in [1.82, 2.24) is 4.90 Å². The molecule has 1 aromatic carbocycles. The van der Waals surface area contributed by atoms with Crippen LogP contribution in [0.25, 0.3) is 0 Å². The lowest BCUT2D eigenvalue weighted by Gasteiger charge is -2.31. The Kier molecular flexibility index (Phi) is 5.38. The third kappa shape index (κ3) is 3.59. The molecule has 1 aliphatic heterocycles. The molecule has 1 atom stereocenters. The van der Waals surface area contributed by atoms with Crippen LogP contribution in [0.15, 0.2) is 42.0 Å². The number of hydrogen-bond donors (Lipinski definition) is 1. The van der Waals surface area contributed by atoms with Crippen LogP contribution in [-0.2, 0) is 11.3 Å². The lowest BCUT2D eigenvalue weighted by Crippen LogP contribution is -2.43. The molecule has 3 nitrogen and oxygen atoms in total. The normalized spacial score (nSPS) is 19.8. The molecular formula is C14H18ClNO2. The Morgan fingerprint density at radius 3 is 2.67 bits per heavy atom. The van der Waals surface area contributed by atoms with Gasteiger partial charge in [0.25, 0.3) is 0 Å². The van der Waals surface area contributed by atoms with E-state index in [1.54, 1.807) is 0 Å². The highest BCUT2D eigenvalue weighted by Gasteiger charge is 2.27. The Bertz CT molecular complexity index is 431. The molecule has 1 N–H and O–H groups in total. The molecule has 0 amide bonds. The second kappa shape index (κ2) is 6.57. The third-order valence-electron chi connectivity index (χ3n) is 3.14. The van der Waals surface area contributed by atoms with E-state index in [-0.39, 0.29) is 18.4 Å². The van der Waals surface area contributed by atoms with E-state index in [1.807, 2.05) is 42.2 Å². The molecule has 0 fully saturated rings. The maximum absolute atomic E-state index is 11.2. The predicted molar refractivity (Wildman–Crippen MR) is 73.9 cm³/mol. The summed E-state index contributed by atoms with van der Waals surface area (Å²) < 4.78 is 0. The number of carbonyl (C=O) groups is 1. The lowest BCUT2D eigenvalue weighted by atomic mass is 10.0. The van der Waals surface area contributed by atoms with E-state index in [9.17, 15) is 9.90 Å². The first-order valence-electron chi connectivity index (χ1n) is 5.83. The van der Waals surface area contributed by atoms with E-state index in [2.05, 4.69) is 6.08 Å². The molecule has 0 radical (unpaired) electrons. The Labute approximate surface area is 114 Å². The first kappa shape index (κ1) is 14.7. The minimum absolute atomic E-state index is 0. The number of carboxylic acid groups (broad SMARTS) is 1. The van der Waals surface area contributed by atoms with Crippen molar-refractivity contribution < 1.29 is 9.90 Å². The fourth-order valence-corrected chi connectivity index (χ4v) is 2.15. The zero-order valence-electron chi connectivity index (χ0n) is 10.4. The molecule has 4 heteroatoms. The van der Waals surface area contributed by atoms with Gasteiger partial charge < -0.3 is 5.11 Å². The first-order chi connectivity index (χ1) is 8.16. The maximum Gasteiger partial charge on any atom is 0.321 e. The highest BCUT2D eigenvalue weighted by atomic mass is 35.5. The summed E-state index contributed by atoms with van der Waals surface area (Å²) in [5.74, 6) is -0.728. The van der Waals surface area contributed by atoms with Gasteiger partial charge in [-0.25, -0.2) is 0 Å². The summed E-state index contributed by atoms with van der Waals surface area (Å²) in [6, 6.07) is 9.61. The molecule has 0 aromatic heterocycles. The fraction of sp³-hybridized carbons (Fsp3) is 0.357. The standard InChI is InChI=1S/C14H17NO2.ClH/c1-11-7-8-15(13(9-11)14(16)17)10-12-5-3-2-4-6-12;/h2-7,13H,8-10H2,1H3,(H,16,17);1H. The molecule has 1 unspecified atom stereocenters. The second-order valence-corrected chi connectivity index (χ2v) is 4.52. The van der Waals surface area contributed by atoms with Crippen LogP contribution in [0.1, 0.15) is 18.9 Å². The average Bonchev–Trinajstić information content (AvgIpc) is 2.32. The Balaban J connectivity index is 0.00000162. The third-order valence-corrected chi connectivity index (χ3v) is 3.14. The van der Waals surface area contributed by atoms with Gasteiger partial charge in [-0.05, 0) is 18.9 Å². The molecule has 0 aliphatic carbocycles. The smallest absolute Gasteiger partial charge is 0.321 e. The van der Waals surface area contributed by atoms with Crippen molar-refractivity contribution in [3.63, 3.8) is 0 Å². The van der Waals surface area contributed by atoms with Crippen molar-refractivity contribution in [3.05, 3.63) is 47.5 Å². The van der Waals surface area contributed by atoms with E-state index >= 15 is 0 Å². The quantitative estimate of drug-likeness (QED) is 0.856. The van der Waals surface area contributed by atoms with Crippen molar-refractivity contribution in [2.24, 2.45) is 0 Å². The van der Waals surface area contributed by atoms with E-state index in [4.69, 9.17) is 0 Å². The molecule has 1 heterocycles. The molecular weight excluding hydrogens is 250 g/mol. The number of carboxylic acids is 1. The average molecular weight is 268 g/mol. The summed E-state index contributed by atoms with van der Waals surface area (Å²) in [5.41, 5.74) is 2.33. The highest BCUT2D eigenvalue weighted by molar-refractivity contribution is 5.85. The molecule has 1 aromatic rings. The molecule has 1 aliphatic rings. The zero-order valence-corrected chi connectivity index (χ0v) is 11.2. The molecule has 98 valence electrons. The van der Waals surface area contributed by atoms with Crippen molar-refractivity contribution in [3.8, 4) is 0 Å². The lowest BCUT2D eigenvalue weighted by molar-refractivity contribution is -0.143. The van der Waals surface area contributed by atoms with Crippen LogP contribution >= 0.6 is 12.4 Å². The Morgan fingerprint density at radius 2 is 2.06 bits per heavy atom.